The van der Waals surface area contributed by atoms with Crippen LogP contribution in [0.25, 0.3) is 11.3 Å². The van der Waals surface area contributed by atoms with Crippen LogP contribution in [0.15, 0.2) is 35.1 Å². The van der Waals surface area contributed by atoms with Gasteiger partial charge in [-0.25, -0.2) is 13.4 Å². The van der Waals surface area contributed by atoms with Gasteiger partial charge in [0.15, 0.2) is 0 Å². The summed E-state index contributed by atoms with van der Waals surface area (Å²) >= 11 is 3.41. The van der Waals surface area contributed by atoms with Crippen LogP contribution in [0.5, 0.6) is 0 Å². The van der Waals surface area contributed by atoms with E-state index in [2.05, 4.69) is 30.6 Å². The molecule has 8 heteroatoms. The van der Waals surface area contributed by atoms with E-state index < -0.39 is 10.0 Å². The van der Waals surface area contributed by atoms with Crippen LogP contribution < -0.4 is 9.62 Å². The SMILES string of the molecule is CN(C)c1nc(-c2cccnc2)c(NS(C)(=O)=O)cc1Br. The minimum atomic E-state index is -3.40. The molecule has 6 nitrogen and oxygen atoms in total. The van der Waals surface area contributed by atoms with Gasteiger partial charge >= 0.3 is 0 Å². The number of pyridine rings is 2. The van der Waals surface area contributed by atoms with Gasteiger partial charge in [0.2, 0.25) is 10.0 Å². The molecule has 2 aromatic rings. The zero-order chi connectivity index (χ0) is 15.6. The third-order valence-corrected chi connectivity index (χ3v) is 3.79. The van der Waals surface area contributed by atoms with Gasteiger partial charge in [0, 0.05) is 32.1 Å². The Bertz CT molecular complexity index is 748. The predicted octanol–water partition coefficient (Wildman–Crippen LogP) is 2.34. The van der Waals surface area contributed by atoms with Gasteiger partial charge < -0.3 is 4.90 Å². The van der Waals surface area contributed by atoms with Crippen LogP contribution >= 0.6 is 15.9 Å². The van der Waals surface area contributed by atoms with Crippen molar-refractivity contribution in [3.8, 4) is 11.3 Å². The second-order valence-electron chi connectivity index (χ2n) is 4.70. The minimum absolute atomic E-state index is 0.406. The van der Waals surface area contributed by atoms with E-state index in [0.717, 1.165) is 11.8 Å². The summed E-state index contributed by atoms with van der Waals surface area (Å²) in [6.07, 6.45) is 4.40. The van der Waals surface area contributed by atoms with Gasteiger partial charge in [0.05, 0.1) is 22.1 Å². The van der Waals surface area contributed by atoms with E-state index in [-0.39, 0.29) is 0 Å². The lowest BCUT2D eigenvalue weighted by atomic mass is 10.1. The summed E-state index contributed by atoms with van der Waals surface area (Å²) in [5, 5.41) is 0. The van der Waals surface area contributed by atoms with E-state index in [4.69, 9.17) is 0 Å². The molecule has 2 aromatic heterocycles. The third kappa shape index (κ3) is 3.92. The summed E-state index contributed by atoms with van der Waals surface area (Å²) in [5.74, 6) is 0.702. The molecule has 0 saturated heterocycles. The summed E-state index contributed by atoms with van der Waals surface area (Å²) in [5.41, 5.74) is 1.67. The van der Waals surface area contributed by atoms with E-state index in [0.29, 0.717) is 21.7 Å². The molecule has 2 rings (SSSR count). The zero-order valence-corrected chi connectivity index (χ0v) is 14.2. The molecule has 0 unspecified atom stereocenters. The molecule has 0 spiro atoms. The number of nitrogens with zero attached hydrogens (tertiary/aromatic N) is 3. The van der Waals surface area contributed by atoms with Crippen LogP contribution in [-0.4, -0.2) is 38.7 Å². The summed E-state index contributed by atoms with van der Waals surface area (Å²) in [4.78, 5) is 10.4. The fraction of sp³-hybridized carbons (Fsp3) is 0.231. The summed E-state index contributed by atoms with van der Waals surface area (Å²) in [6, 6.07) is 5.31. The monoisotopic (exact) mass is 370 g/mol. The van der Waals surface area contributed by atoms with E-state index in [9.17, 15) is 8.42 Å². The number of hydrogen-bond donors (Lipinski definition) is 1. The Morgan fingerprint density at radius 1 is 1.33 bits per heavy atom. The first-order valence-corrected chi connectivity index (χ1v) is 8.72. The Morgan fingerprint density at radius 3 is 2.57 bits per heavy atom. The molecule has 0 atom stereocenters. The third-order valence-electron chi connectivity index (χ3n) is 2.61. The molecule has 0 radical (unpaired) electrons. The maximum Gasteiger partial charge on any atom is 0.229 e. The highest BCUT2D eigenvalue weighted by molar-refractivity contribution is 9.10. The van der Waals surface area contributed by atoms with Gasteiger partial charge in [-0.3, -0.25) is 9.71 Å². The van der Waals surface area contributed by atoms with Crippen molar-refractivity contribution in [3.05, 3.63) is 35.1 Å². The van der Waals surface area contributed by atoms with Crippen molar-refractivity contribution >= 4 is 37.5 Å². The van der Waals surface area contributed by atoms with Gasteiger partial charge in [-0.05, 0) is 34.1 Å². The van der Waals surface area contributed by atoms with Gasteiger partial charge in [0.1, 0.15) is 5.82 Å². The van der Waals surface area contributed by atoms with E-state index in [1.807, 2.05) is 25.1 Å². The van der Waals surface area contributed by atoms with Crippen LogP contribution in [0.3, 0.4) is 0 Å². The number of halogens is 1. The smallest absolute Gasteiger partial charge is 0.229 e. The van der Waals surface area contributed by atoms with Gasteiger partial charge in [-0.1, -0.05) is 0 Å². The van der Waals surface area contributed by atoms with Gasteiger partial charge in [-0.15, -0.1) is 0 Å². The van der Waals surface area contributed by atoms with Crippen LogP contribution in [0.2, 0.25) is 0 Å². The van der Waals surface area contributed by atoms with Gasteiger partial charge in [0.25, 0.3) is 0 Å². The normalized spacial score (nSPS) is 11.2. The van der Waals surface area contributed by atoms with Crippen LogP contribution in [0.4, 0.5) is 11.5 Å². The van der Waals surface area contributed by atoms with Crippen molar-refractivity contribution in [1.29, 1.82) is 0 Å². The lowest BCUT2D eigenvalue weighted by Crippen LogP contribution is -2.15. The van der Waals surface area contributed by atoms with E-state index in [1.54, 1.807) is 24.5 Å². The molecule has 0 saturated carbocycles. The van der Waals surface area contributed by atoms with Crippen molar-refractivity contribution in [3.63, 3.8) is 0 Å². The van der Waals surface area contributed by atoms with Crippen LogP contribution in [0, 0.1) is 0 Å². The van der Waals surface area contributed by atoms with Crippen molar-refractivity contribution in [2.24, 2.45) is 0 Å². The lowest BCUT2D eigenvalue weighted by molar-refractivity contribution is 0.607. The molecule has 1 N–H and O–H groups in total. The highest BCUT2D eigenvalue weighted by atomic mass is 79.9. The standard InChI is InChI=1S/C13H15BrN4O2S/c1-18(2)13-10(14)7-11(17-21(3,19)20)12(16-13)9-5-4-6-15-8-9/h4-8,17H,1-3H3. The maximum atomic E-state index is 11.5. The Hall–Kier alpha value is -1.67. The fourth-order valence-electron chi connectivity index (χ4n) is 1.79. The highest BCUT2D eigenvalue weighted by Gasteiger charge is 2.16. The van der Waals surface area contributed by atoms with Crippen molar-refractivity contribution < 1.29 is 8.42 Å². The Kier molecular flexibility index (Phi) is 4.48. The average molecular weight is 371 g/mol. The van der Waals surface area contributed by atoms with Crippen molar-refractivity contribution in [1.82, 2.24) is 9.97 Å². The molecule has 0 aliphatic carbocycles. The Balaban J connectivity index is 2.66. The number of rotatable bonds is 4. The highest BCUT2D eigenvalue weighted by Crippen LogP contribution is 2.34. The fourth-order valence-corrected chi connectivity index (χ4v) is 3.02. The Labute approximate surface area is 132 Å². The van der Waals surface area contributed by atoms with E-state index in [1.165, 1.54) is 0 Å². The average Bonchev–Trinajstić information content (AvgIpc) is 2.37. The predicted molar refractivity (Wildman–Crippen MR) is 88.0 cm³/mol. The zero-order valence-electron chi connectivity index (χ0n) is 11.8. The molecular formula is C13H15BrN4O2S. The summed E-state index contributed by atoms with van der Waals surface area (Å²) < 4.78 is 26.3. The molecular weight excluding hydrogens is 356 g/mol. The molecule has 0 aliphatic heterocycles. The molecule has 2 heterocycles. The number of anilines is 2. The van der Waals surface area contributed by atoms with Crippen LogP contribution in [-0.2, 0) is 10.0 Å². The molecule has 112 valence electrons. The number of aromatic nitrogens is 2. The molecule has 0 bridgehead atoms. The summed E-state index contributed by atoms with van der Waals surface area (Å²) in [7, 11) is 0.327. The van der Waals surface area contributed by atoms with Crippen LogP contribution in [0.1, 0.15) is 0 Å². The lowest BCUT2D eigenvalue weighted by Gasteiger charge is -2.18. The summed E-state index contributed by atoms with van der Waals surface area (Å²) in [6.45, 7) is 0. The minimum Gasteiger partial charge on any atom is -0.362 e. The second-order valence-corrected chi connectivity index (χ2v) is 7.30. The van der Waals surface area contributed by atoms with Gasteiger partial charge in [-0.2, -0.15) is 0 Å². The number of hydrogen-bond acceptors (Lipinski definition) is 5. The van der Waals surface area contributed by atoms with Crippen molar-refractivity contribution in [2.75, 3.05) is 30.0 Å². The first kappa shape index (κ1) is 15.7. The molecule has 21 heavy (non-hydrogen) atoms. The first-order valence-electron chi connectivity index (χ1n) is 6.04. The quantitative estimate of drug-likeness (QED) is 0.893. The number of nitrogens with one attached hydrogen (secondary N) is 1. The van der Waals surface area contributed by atoms with Crippen molar-refractivity contribution in [2.45, 2.75) is 0 Å². The molecule has 0 fully saturated rings. The first-order chi connectivity index (χ1) is 9.78. The maximum absolute atomic E-state index is 11.5. The topological polar surface area (TPSA) is 75.2 Å². The van der Waals surface area contributed by atoms with E-state index >= 15 is 0 Å². The molecule has 0 aromatic carbocycles. The second kappa shape index (κ2) is 5.98. The molecule has 0 aliphatic rings. The number of sulfonamides is 1. The molecule has 0 amide bonds. The Morgan fingerprint density at radius 2 is 2.05 bits per heavy atom. The largest absolute Gasteiger partial charge is 0.362 e.